The molecule has 0 aromatic heterocycles. The number of carbonyl (C=O) groups is 1. The summed E-state index contributed by atoms with van der Waals surface area (Å²) in [4.78, 5) is 13.0. The average Bonchev–Trinajstić information content (AvgIpc) is 2.57. The molecule has 1 amide bonds. The maximum atomic E-state index is 11.8. The molecule has 0 aliphatic carbocycles. The molecule has 2 aromatic rings. The highest BCUT2D eigenvalue weighted by molar-refractivity contribution is 5.76. The number of ether oxygens (including phenoxy) is 1. The number of likely N-dealkylation sites (N-methyl/N-ethyl adjacent to an activating group) is 2. The van der Waals surface area contributed by atoms with Crippen LogP contribution in [0, 0.1) is 0 Å². The third-order valence-corrected chi connectivity index (χ3v) is 3.67. The van der Waals surface area contributed by atoms with Crippen LogP contribution in [0.4, 0.5) is 0 Å². The molecule has 0 saturated heterocycles. The molecular formula is C19H25N2O2+. The van der Waals surface area contributed by atoms with Crippen LogP contribution in [0.2, 0.25) is 0 Å². The van der Waals surface area contributed by atoms with Crippen molar-refractivity contribution >= 4 is 5.91 Å². The molecule has 2 rings (SSSR count). The van der Waals surface area contributed by atoms with Gasteiger partial charge in [-0.15, -0.1) is 0 Å². The van der Waals surface area contributed by atoms with Gasteiger partial charge in [0.25, 0.3) is 5.91 Å². The van der Waals surface area contributed by atoms with Crippen LogP contribution >= 0.6 is 0 Å². The highest BCUT2D eigenvalue weighted by Gasteiger charge is 2.15. The SMILES string of the molecule is CCNC(=O)C[NH+](CC)Cc1ccccc1Oc1ccccc1. The Hall–Kier alpha value is -2.33. The van der Waals surface area contributed by atoms with Crippen molar-refractivity contribution in [2.75, 3.05) is 19.6 Å². The number of hydrogen-bond acceptors (Lipinski definition) is 2. The summed E-state index contributed by atoms with van der Waals surface area (Å²) in [6, 6.07) is 17.8. The molecule has 0 heterocycles. The number of hydrogen-bond donors (Lipinski definition) is 2. The molecule has 1 unspecified atom stereocenters. The van der Waals surface area contributed by atoms with Crippen LogP contribution in [-0.2, 0) is 11.3 Å². The van der Waals surface area contributed by atoms with Crippen LogP contribution in [0.15, 0.2) is 54.6 Å². The number of rotatable bonds is 8. The molecule has 0 radical (unpaired) electrons. The second kappa shape index (κ2) is 8.96. The van der Waals surface area contributed by atoms with E-state index in [1.807, 2.05) is 55.5 Å². The number of para-hydroxylation sites is 2. The third-order valence-electron chi connectivity index (χ3n) is 3.67. The van der Waals surface area contributed by atoms with Crippen LogP contribution in [0.5, 0.6) is 11.5 Å². The van der Waals surface area contributed by atoms with Gasteiger partial charge in [-0.1, -0.05) is 30.3 Å². The first-order valence-electron chi connectivity index (χ1n) is 8.14. The van der Waals surface area contributed by atoms with E-state index in [1.54, 1.807) is 0 Å². The maximum Gasteiger partial charge on any atom is 0.275 e. The summed E-state index contributed by atoms with van der Waals surface area (Å²) >= 11 is 0. The lowest BCUT2D eigenvalue weighted by Crippen LogP contribution is -3.11. The van der Waals surface area contributed by atoms with Gasteiger partial charge in [-0.3, -0.25) is 4.79 Å². The summed E-state index contributed by atoms with van der Waals surface area (Å²) in [5, 5.41) is 2.86. The van der Waals surface area contributed by atoms with Gasteiger partial charge in [0.15, 0.2) is 6.54 Å². The van der Waals surface area contributed by atoms with Crippen LogP contribution in [0.25, 0.3) is 0 Å². The molecule has 122 valence electrons. The Balaban J connectivity index is 2.08. The molecule has 0 spiro atoms. The monoisotopic (exact) mass is 313 g/mol. The van der Waals surface area contributed by atoms with Gasteiger partial charge in [-0.25, -0.2) is 0 Å². The van der Waals surface area contributed by atoms with Crippen LogP contribution < -0.4 is 15.0 Å². The molecule has 4 nitrogen and oxygen atoms in total. The second-order valence-corrected chi connectivity index (χ2v) is 5.43. The second-order valence-electron chi connectivity index (χ2n) is 5.43. The standard InChI is InChI=1S/C19H24N2O2/c1-3-20-19(22)15-21(4-2)14-16-10-8-9-13-18(16)23-17-11-6-5-7-12-17/h5-13H,3-4,14-15H2,1-2H3,(H,20,22)/p+1. The molecule has 1 atom stereocenters. The molecule has 2 N–H and O–H groups in total. The number of quaternary nitrogens is 1. The molecule has 4 heteroatoms. The Bertz CT molecular complexity index is 614. The van der Waals surface area contributed by atoms with Gasteiger partial charge in [0.1, 0.15) is 18.0 Å². The average molecular weight is 313 g/mol. The van der Waals surface area contributed by atoms with E-state index in [1.165, 1.54) is 4.90 Å². The molecule has 2 aromatic carbocycles. The Morgan fingerprint density at radius 1 is 1.04 bits per heavy atom. The Morgan fingerprint density at radius 3 is 2.43 bits per heavy atom. The topological polar surface area (TPSA) is 42.8 Å². The van der Waals surface area contributed by atoms with Crippen molar-refractivity contribution in [1.82, 2.24) is 5.32 Å². The predicted molar refractivity (Wildman–Crippen MR) is 91.7 cm³/mol. The van der Waals surface area contributed by atoms with Crippen molar-refractivity contribution in [2.24, 2.45) is 0 Å². The van der Waals surface area contributed by atoms with E-state index < -0.39 is 0 Å². The molecular weight excluding hydrogens is 288 g/mol. The minimum atomic E-state index is 0.0887. The van der Waals surface area contributed by atoms with Gasteiger partial charge in [0, 0.05) is 12.1 Å². The van der Waals surface area contributed by atoms with Crippen molar-refractivity contribution in [1.29, 1.82) is 0 Å². The lowest BCUT2D eigenvalue weighted by molar-refractivity contribution is -0.904. The van der Waals surface area contributed by atoms with Gasteiger partial charge in [0.05, 0.1) is 6.54 Å². The summed E-state index contributed by atoms with van der Waals surface area (Å²) in [6.45, 7) is 6.82. The lowest BCUT2D eigenvalue weighted by atomic mass is 10.2. The van der Waals surface area contributed by atoms with E-state index in [9.17, 15) is 4.79 Å². The van der Waals surface area contributed by atoms with Crippen LogP contribution in [0.3, 0.4) is 0 Å². The lowest BCUT2D eigenvalue weighted by Gasteiger charge is -2.19. The van der Waals surface area contributed by atoms with E-state index in [2.05, 4.69) is 18.3 Å². The van der Waals surface area contributed by atoms with E-state index in [0.717, 1.165) is 30.2 Å². The van der Waals surface area contributed by atoms with E-state index >= 15 is 0 Å². The molecule has 0 aliphatic rings. The van der Waals surface area contributed by atoms with Crippen molar-refractivity contribution in [3.63, 3.8) is 0 Å². The zero-order chi connectivity index (χ0) is 16.5. The highest BCUT2D eigenvalue weighted by Crippen LogP contribution is 2.24. The summed E-state index contributed by atoms with van der Waals surface area (Å²) in [5.41, 5.74) is 1.11. The summed E-state index contributed by atoms with van der Waals surface area (Å²) in [5.74, 6) is 1.76. The van der Waals surface area contributed by atoms with Gasteiger partial charge < -0.3 is 15.0 Å². The Kier molecular flexibility index (Phi) is 6.63. The normalized spacial score (nSPS) is 11.7. The van der Waals surface area contributed by atoms with Crippen molar-refractivity contribution in [2.45, 2.75) is 20.4 Å². The molecule has 23 heavy (non-hydrogen) atoms. The van der Waals surface area contributed by atoms with Gasteiger partial charge in [-0.05, 0) is 38.1 Å². The number of amides is 1. The number of carbonyl (C=O) groups excluding carboxylic acids is 1. The first-order chi connectivity index (χ1) is 11.2. The number of benzene rings is 2. The zero-order valence-electron chi connectivity index (χ0n) is 13.8. The van der Waals surface area contributed by atoms with E-state index in [-0.39, 0.29) is 5.91 Å². The van der Waals surface area contributed by atoms with Crippen LogP contribution in [-0.4, -0.2) is 25.5 Å². The molecule has 0 saturated carbocycles. The Morgan fingerprint density at radius 2 is 1.74 bits per heavy atom. The fourth-order valence-corrected chi connectivity index (χ4v) is 2.43. The number of nitrogens with one attached hydrogen (secondary N) is 2. The summed E-state index contributed by atoms with van der Waals surface area (Å²) in [7, 11) is 0. The third kappa shape index (κ3) is 5.42. The summed E-state index contributed by atoms with van der Waals surface area (Å²) in [6.07, 6.45) is 0. The van der Waals surface area contributed by atoms with E-state index in [0.29, 0.717) is 13.1 Å². The van der Waals surface area contributed by atoms with E-state index in [4.69, 9.17) is 4.74 Å². The Labute approximate surface area is 138 Å². The largest absolute Gasteiger partial charge is 0.457 e. The smallest absolute Gasteiger partial charge is 0.275 e. The predicted octanol–water partition coefficient (Wildman–Crippen LogP) is 2.02. The van der Waals surface area contributed by atoms with Crippen molar-refractivity contribution in [3.05, 3.63) is 60.2 Å². The fraction of sp³-hybridized carbons (Fsp3) is 0.316. The van der Waals surface area contributed by atoms with Crippen LogP contribution in [0.1, 0.15) is 19.4 Å². The van der Waals surface area contributed by atoms with Gasteiger partial charge in [0.2, 0.25) is 0 Å². The van der Waals surface area contributed by atoms with Gasteiger partial charge >= 0.3 is 0 Å². The first-order valence-corrected chi connectivity index (χ1v) is 8.14. The molecule has 0 aliphatic heterocycles. The molecule has 0 fully saturated rings. The van der Waals surface area contributed by atoms with Gasteiger partial charge in [-0.2, -0.15) is 0 Å². The first kappa shape index (κ1) is 17.0. The fourth-order valence-electron chi connectivity index (χ4n) is 2.43. The quantitative estimate of drug-likeness (QED) is 0.783. The summed E-state index contributed by atoms with van der Waals surface area (Å²) < 4.78 is 5.99. The van der Waals surface area contributed by atoms with Crippen molar-refractivity contribution in [3.8, 4) is 11.5 Å². The minimum absolute atomic E-state index is 0.0887. The zero-order valence-corrected chi connectivity index (χ0v) is 13.8. The van der Waals surface area contributed by atoms with Crippen molar-refractivity contribution < 1.29 is 14.4 Å². The molecule has 0 bridgehead atoms. The highest BCUT2D eigenvalue weighted by atomic mass is 16.5. The minimum Gasteiger partial charge on any atom is -0.457 e. The maximum absolute atomic E-state index is 11.8.